The average molecular weight is 320 g/mol. The van der Waals surface area contributed by atoms with Gasteiger partial charge in [-0.05, 0) is 0 Å². The smallest absolute Gasteiger partial charge is 0.394 e. The van der Waals surface area contributed by atoms with Gasteiger partial charge in [-0.3, -0.25) is 0 Å². The summed E-state index contributed by atoms with van der Waals surface area (Å²) in [6.07, 6.45) is -4.54. The highest BCUT2D eigenvalue weighted by Gasteiger charge is 2.29. The van der Waals surface area contributed by atoms with Crippen molar-refractivity contribution < 1.29 is 49.5 Å². The van der Waals surface area contributed by atoms with E-state index in [9.17, 15) is 15.3 Å². The van der Waals surface area contributed by atoms with Gasteiger partial charge in [0, 0.05) is 0 Å². The van der Waals surface area contributed by atoms with Crippen LogP contribution in [0.25, 0.3) is 0 Å². The normalized spacial score (nSPS) is 17.4. The molecular formula is C9H21O10P. The summed E-state index contributed by atoms with van der Waals surface area (Å²) in [5.41, 5.74) is 0. The third kappa shape index (κ3) is 14.0. The maximum Gasteiger partial charge on any atom is 0.466 e. The molecule has 11 heteroatoms. The Morgan fingerprint density at radius 1 is 1.05 bits per heavy atom. The van der Waals surface area contributed by atoms with Crippen LogP contribution in [-0.4, -0.2) is 84.4 Å². The zero-order chi connectivity index (χ0) is 16.3. The number of aliphatic hydroxyl groups is 5. The lowest BCUT2D eigenvalue weighted by atomic mass is 10.0. The summed E-state index contributed by atoms with van der Waals surface area (Å²) >= 11 is 0. The molecule has 0 rings (SSSR count). The van der Waals surface area contributed by atoms with Gasteiger partial charge in [-0.15, -0.1) is 6.58 Å². The summed E-state index contributed by atoms with van der Waals surface area (Å²) in [6.45, 7) is 2.71. The minimum Gasteiger partial charge on any atom is -0.394 e. The van der Waals surface area contributed by atoms with Crippen molar-refractivity contribution in [3.63, 3.8) is 0 Å². The van der Waals surface area contributed by atoms with Crippen LogP contribution in [0.4, 0.5) is 0 Å². The summed E-state index contributed by atoms with van der Waals surface area (Å²) in [6, 6.07) is 0. The third-order valence-electron chi connectivity index (χ3n) is 1.85. The van der Waals surface area contributed by atoms with Gasteiger partial charge in [-0.25, -0.2) is 4.57 Å². The van der Waals surface area contributed by atoms with E-state index < -0.39 is 38.8 Å². The molecule has 0 saturated carbocycles. The minimum absolute atomic E-state index is 0.192. The lowest BCUT2D eigenvalue weighted by Crippen LogP contribution is -2.47. The Balaban J connectivity index is 0. The van der Waals surface area contributed by atoms with Crippen molar-refractivity contribution in [2.24, 2.45) is 0 Å². The Hall–Kier alpha value is -0.390. The average Bonchev–Trinajstić information content (AvgIpc) is 2.34. The fraction of sp³-hybridized carbons (Fsp3) is 0.778. The highest BCUT2D eigenvalue weighted by atomic mass is 31.2. The summed E-state index contributed by atoms with van der Waals surface area (Å²) < 4.78 is 13.7. The second kappa shape index (κ2) is 11.3. The van der Waals surface area contributed by atoms with Gasteiger partial charge in [0.1, 0.15) is 24.4 Å². The molecule has 0 aliphatic heterocycles. The highest BCUT2D eigenvalue weighted by Crippen LogP contribution is 2.25. The molecule has 0 aliphatic rings. The summed E-state index contributed by atoms with van der Waals surface area (Å²) in [5, 5.41) is 45.3. The summed E-state index contributed by atoms with van der Waals surface area (Å²) in [5.74, 6) is 0. The number of rotatable bonds is 8. The maximum absolute atomic E-state index is 9.31. The van der Waals surface area contributed by atoms with Crippen molar-refractivity contribution in [2.75, 3.05) is 19.8 Å². The van der Waals surface area contributed by atoms with Crippen LogP contribution in [0.3, 0.4) is 0 Å². The van der Waals surface area contributed by atoms with Gasteiger partial charge in [0.25, 0.3) is 0 Å². The van der Waals surface area contributed by atoms with E-state index in [2.05, 4.69) is 6.58 Å². The summed E-state index contributed by atoms with van der Waals surface area (Å²) in [4.78, 5) is 21.6. The molecule has 10 nitrogen and oxygen atoms in total. The van der Waals surface area contributed by atoms with Gasteiger partial charge >= 0.3 is 7.82 Å². The molecule has 8 N–H and O–H groups in total. The zero-order valence-corrected chi connectivity index (χ0v) is 11.5. The van der Waals surface area contributed by atoms with Crippen molar-refractivity contribution in [1.82, 2.24) is 0 Å². The molecule has 0 fully saturated rings. The van der Waals surface area contributed by atoms with Gasteiger partial charge in [-0.2, -0.15) is 0 Å². The van der Waals surface area contributed by atoms with Crippen LogP contribution in [0.5, 0.6) is 0 Å². The Morgan fingerprint density at radius 2 is 1.45 bits per heavy atom. The molecule has 0 spiro atoms. The fourth-order valence-electron chi connectivity index (χ4n) is 0.934. The van der Waals surface area contributed by atoms with Gasteiger partial charge < -0.3 is 44.9 Å². The van der Waals surface area contributed by atoms with E-state index in [0.29, 0.717) is 0 Å². The van der Waals surface area contributed by atoms with E-state index in [4.69, 9.17) is 34.2 Å². The van der Waals surface area contributed by atoms with Crippen LogP contribution < -0.4 is 0 Å². The van der Waals surface area contributed by atoms with Gasteiger partial charge in [0.05, 0.1) is 19.8 Å². The third-order valence-corrected chi connectivity index (χ3v) is 1.85. The molecule has 0 aromatic carbocycles. The van der Waals surface area contributed by atoms with Crippen LogP contribution in [-0.2, 0) is 9.30 Å². The van der Waals surface area contributed by atoms with Crippen molar-refractivity contribution in [1.29, 1.82) is 0 Å². The SMILES string of the molecule is C=CCOCC(O)C(O)C(O)C(O)CO.O=P(O)(O)O. The van der Waals surface area contributed by atoms with E-state index in [0.717, 1.165) is 0 Å². The largest absolute Gasteiger partial charge is 0.466 e. The molecule has 0 saturated heterocycles. The maximum atomic E-state index is 9.31. The van der Waals surface area contributed by atoms with Gasteiger partial charge in [0.15, 0.2) is 0 Å². The Labute approximate surface area is 115 Å². The first kappa shape index (κ1) is 21.9. The quantitative estimate of drug-likeness (QED) is 0.128. The van der Waals surface area contributed by atoms with Crippen molar-refractivity contribution in [3.05, 3.63) is 12.7 Å². The predicted molar refractivity (Wildman–Crippen MR) is 66.4 cm³/mol. The molecule has 4 unspecified atom stereocenters. The van der Waals surface area contributed by atoms with Crippen LogP contribution in [0.15, 0.2) is 12.7 Å². The molecule has 20 heavy (non-hydrogen) atoms. The van der Waals surface area contributed by atoms with Crippen molar-refractivity contribution >= 4 is 7.82 Å². The minimum atomic E-state index is -4.64. The first-order valence-electron chi connectivity index (χ1n) is 5.34. The Morgan fingerprint density at radius 3 is 1.80 bits per heavy atom. The van der Waals surface area contributed by atoms with Gasteiger partial charge in [0.2, 0.25) is 0 Å². The van der Waals surface area contributed by atoms with E-state index in [-0.39, 0.29) is 13.2 Å². The van der Waals surface area contributed by atoms with Gasteiger partial charge in [-0.1, -0.05) is 6.08 Å². The molecule has 0 aromatic rings. The first-order valence-corrected chi connectivity index (χ1v) is 6.91. The molecule has 0 radical (unpaired) electrons. The van der Waals surface area contributed by atoms with Crippen LogP contribution in [0.1, 0.15) is 0 Å². The predicted octanol–water partition coefficient (Wildman–Crippen LogP) is -3.30. The lowest BCUT2D eigenvalue weighted by Gasteiger charge is -2.25. The number of aliphatic hydroxyl groups excluding tert-OH is 5. The number of hydrogen-bond acceptors (Lipinski definition) is 7. The number of ether oxygens (including phenoxy) is 1. The number of phosphoric acid groups is 1. The lowest BCUT2D eigenvalue weighted by molar-refractivity contribution is -0.127. The van der Waals surface area contributed by atoms with Crippen LogP contribution in [0, 0.1) is 0 Å². The Kier molecular flexibility index (Phi) is 12.4. The summed E-state index contributed by atoms with van der Waals surface area (Å²) in [7, 11) is -4.64. The fourth-order valence-corrected chi connectivity index (χ4v) is 0.934. The van der Waals surface area contributed by atoms with Crippen LogP contribution in [0.2, 0.25) is 0 Å². The van der Waals surface area contributed by atoms with Crippen LogP contribution >= 0.6 is 7.82 Å². The Bertz CT molecular complexity index is 284. The second-order valence-corrected chi connectivity index (χ2v) is 4.66. The molecule has 0 amide bonds. The topological polar surface area (TPSA) is 188 Å². The van der Waals surface area contributed by atoms with E-state index in [1.54, 1.807) is 0 Å². The highest BCUT2D eigenvalue weighted by molar-refractivity contribution is 7.45. The van der Waals surface area contributed by atoms with Crippen molar-refractivity contribution in [3.8, 4) is 0 Å². The molecule has 4 atom stereocenters. The van der Waals surface area contributed by atoms with E-state index in [1.807, 2.05) is 0 Å². The molecule has 0 bridgehead atoms. The molecule has 0 aromatic heterocycles. The van der Waals surface area contributed by atoms with E-state index in [1.165, 1.54) is 6.08 Å². The van der Waals surface area contributed by atoms with Crippen molar-refractivity contribution in [2.45, 2.75) is 24.4 Å². The first-order chi connectivity index (χ1) is 9.04. The van der Waals surface area contributed by atoms with E-state index >= 15 is 0 Å². The molecular weight excluding hydrogens is 299 g/mol. The molecule has 0 heterocycles. The standard InChI is InChI=1S/C9H18O6.H3O4P/c1-2-3-15-5-7(12)9(14)8(13)6(11)4-10;1-5(2,3)4/h2,6-14H,1,3-5H2;(H3,1,2,3,4). The molecule has 122 valence electrons. The monoisotopic (exact) mass is 320 g/mol. The molecule has 0 aliphatic carbocycles. The zero-order valence-electron chi connectivity index (χ0n) is 10.6. The second-order valence-electron chi connectivity index (χ2n) is 3.64. The number of hydrogen-bond donors (Lipinski definition) is 8.